The minimum Gasteiger partial charge on any atom is -0.436 e. The monoisotopic (exact) mass is 216 g/mol. The largest absolute Gasteiger partial charge is 0.436 e. The van der Waals surface area contributed by atoms with E-state index in [0.29, 0.717) is 5.75 Å². The van der Waals surface area contributed by atoms with Gasteiger partial charge in [0.25, 0.3) is 5.91 Å². The molecule has 0 saturated carbocycles. The van der Waals surface area contributed by atoms with Crippen molar-refractivity contribution in [2.75, 3.05) is 0 Å². The fourth-order valence-electron chi connectivity index (χ4n) is 1.09. The van der Waals surface area contributed by atoms with E-state index in [1.807, 2.05) is 0 Å². The van der Waals surface area contributed by atoms with Crippen LogP contribution in [0.2, 0.25) is 0 Å². The van der Waals surface area contributed by atoms with Gasteiger partial charge in [0.1, 0.15) is 17.6 Å². The Labute approximate surface area is 91.1 Å². The number of pyridine rings is 1. The maximum atomic E-state index is 11.1. The van der Waals surface area contributed by atoms with Crippen LogP contribution < -0.4 is 10.5 Å². The van der Waals surface area contributed by atoms with Gasteiger partial charge in [-0.25, -0.2) is 9.97 Å². The maximum Gasteiger partial charge on any atom is 0.255 e. The zero-order valence-electron chi connectivity index (χ0n) is 8.20. The van der Waals surface area contributed by atoms with Crippen molar-refractivity contribution in [3.8, 4) is 11.6 Å². The molecule has 6 heteroatoms. The third kappa shape index (κ3) is 2.11. The molecule has 0 radical (unpaired) electrons. The Hall–Kier alpha value is -2.50. The second-order valence-electron chi connectivity index (χ2n) is 2.90. The van der Waals surface area contributed by atoms with E-state index in [2.05, 4.69) is 15.0 Å². The third-order valence-electron chi connectivity index (χ3n) is 1.79. The highest BCUT2D eigenvalue weighted by molar-refractivity contribution is 5.94. The van der Waals surface area contributed by atoms with Crippen LogP contribution >= 0.6 is 0 Å². The lowest BCUT2D eigenvalue weighted by atomic mass is 10.3. The molecule has 2 aromatic rings. The quantitative estimate of drug-likeness (QED) is 0.817. The van der Waals surface area contributed by atoms with Crippen LogP contribution in [0.5, 0.6) is 11.6 Å². The first-order chi connectivity index (χ1) is 7.77. The molecule has 2 N–H and O–H groups in total. The normalized spacial score (nSPS) is 9.75. The highest BCUT2D eigenvalue weighted by Crippen LogP contribution is 2.20. The number of rotatable bonds is 3. The van der Waals surface area contributed by atoms with Crippen LogP contribution in [0, 0.1) is 0 Å². The summed E-state index contributed by atoms with van der Waals surface area (Å²) in [7, 11) is 0. The zero-order valence-corrected chi connectivity index (χ0v) is 8.20. The molecule has 0 aromatic carbocycles. The second kappa shape index (κ2) is 4.35. The zero-order chi connectivity index (χ0) is 11.4. The molecule has 0 aliphatic heterocycles. The molecule has 0 aliphatic carbocycles. The summed E-state index contributed by atoms with van der Waals surface area (Å²) in [6.45, 7) is 0. The van der Waals surface area contributed by atoms with Crippen LogP contribution in [-0.4, -0.2) is 20.9 Å². The van der Waals surface area contributed by atoms with Crippen molar-refractivity contribution in [1.82, 2.24) is 15.0 Å². The lowest BCUT2D eigenvalue weighted by Crippen LogP contribution is -2.13. The summed E-state index contributed by atoms with van der Waals surface area (Å²) < 4.78 is 5.36. The Bertz CT molecular complexity index is 501. The lowest BCUT2D eigenvalue weighted by Gasteiger charge is -2.05. The summed E-state index contributed by atoms with van der Waals surface area (Å²) in [5.41, 5.74) is 5.28. The Balaban J connectivity index is 2.31. The molecule has 6 nitrogen and oxygen atoms in total. The van der Waals surface area contributed by atoms with Gasteiger partial charge < -0.3 is 10.5 Å². The molecule has 0 aliphatic rings. The summed E-state index contributed by atoms with van der Waals surface area (Å²) >= 11 is 0. The van der Waals surface area contributed by atoms with E-state index in [1.165, 1.54) is 18.7 Å². The van der Waals surface area contributed by atoms with Gasteiger partial charge in [-0.3, -0.25) is 9.78 Å². The van der Waals surface area contributed by atoms with Gasteiger partial charge in [0.15, 0.2) is 0 Å². The van der Waals surface area contributed by atoms with Gasteiger partial charge in [-0.15, -0.1) is 0 Å². The molecule has 2 rings (SSSR count). The van der Waals surface area contributed by atoms with Gasteiger partial charge in [-0.05, 0) is 12.1 Å². The number of carbonyl (C=O) groups is 1. The van der Waals surface area contributed by atoms with Gasteiger partial charge in [-0.2, -0.15) is 0 Å². The lowest BCUT2D eigenvalue weighted by molar-refractivity contribution is 0.0997. The predicted molar refractivity (Wildman–Crippen MR) is 54.9 cm³/mol. The van der Waals surface area contributed by atoms with E-state index in [-0.39, 0.29) is 11.4 Å². The van der Waals surface area contributed by atoms with E-state index in [9.17, 15) is 4.79 Å². The van der Waals surface area contributed by atoms with Crippen molar-refractivity contribution in [3.63, 3.8) is 0 Å². The molecule has 0 atom stereocenters. The maximum absolute atomic E-state index is 11.1. The van der Waals surface area contributed by atoms with Crippen LogP contribution in [0.4, 0.5) is 0 Å². The number of primary amides is 1. The standard InChI is InChI=1S/C10H8N4O2/c11-9(15)8-5-13-6-14-10(8)16-7-2-1-3-12-4-7/h1-6H,(H2,11,15). The Morgan fingerprint density at radius 2 is 2.19 bits per heavy atom. The van der Waals surface area contributed by atoms with Crippen LogP contribution in [0.25, 0.3) is 0 Å². The van der Waals surface area contributed by atoms with Crippen molar-refractivity contribution in [1.29, 1.82) is 0 Å². The van der Waals surface area contributed by atoms with Crippen LogP contribution in [0.1, 0.15) is 10.4 Å². The Morgan fingerprint density at radius 3 is 2.88 bits per heavy atom. The summed E-state index contributed by atoms with van der Waals surface area (Å²) in [6, 6.07) is 3.40. The topological polar surface area (TPSA) is 91.0 Å². The molecular formula is C10H8N4O2. The second-order valence-corrected chi connectivity index (χ2v) is 2.90. The van der Waals surface area contributed by atoms with E-state index in [1.54, 1.807) is 18.3 Å². The van der Waals surface area contributed by atoms with Gasteiger partial charge in [-0.1, -0.05) is 0 Å². The van der Waals surface area contributed by atoms with Crippen LogP contribution in [0.15, 0.2) is 37.1 Å². The minimum absolute atomic E-state index is 0.121. The predicted octanol–water partition coefficient (Wildman–Crippen LogP) is 0.763. The fraction of sp³-hybridized carbons (Fsp3) is 0. The summed E-state index contributed by atoms with van der Waals surface area (Å²) in [6.07, 6.45) is 5.70. The van der Waals surface area contributed by atoms with Crippen molar-refractivity contribution >= 4 is 5.91 Å². The molecule has 0 spiro atoms. The number of nitrogens with two attached hydrogens (primary N) is 1. The molecule has 2 heterocycles. The van der Waals surface area contributed by atoms with Crippen molar-refractivity contribution in [2.24, 2.45) is 5.73 Å². The molecular weight excluding hydrogens is 208 g/mol. The number of hydrogen-bond donors (Lipinski definition) is 1. The van der Waals surface area contributed by atoms with Gasteiger partial charge in [0.05, 0.1) is 6.20 Å². The molecule has 0 unspecified atom stereocenters. The van der Waals surface area contributed by atoms with Crippen molar-refractivity contribution < 1.29 is 9.53 Å². The number of ether oxygens (including phenoxy) is 1. The number of aromatic nitrogens is 3. The van der Waals surface area contributed by atoms with Crippen molar-refractivity contribution in [2.45, 2.75) is 0 Å². The van der Waals surface area contributed by atoms with Crippen LogP contribution in [0.3, 0.4) is 0 Å². The number of hydrogen-bond acceptors (Lipinski definition) is 5. The van der Waals surface area contributed by atoms with Gasteiger partial charge in [0.2, 0.25) is 5.88 Å². The number of carbonyl (C=O) groups excluding carboxylic acids is 1. The number of amides is 1. The SMILES string of the molecule is NC(=O)c1cncnc1Oc1cccnc1. The average molecular weight is 216 g/mol. The van der Waals surface area contributed by atoms with Gasteiger partial charge >= 0.3 is 0 Å². The first-order valence-electron chi connectivity index (χ1n) is 4.45. The molecule has 2 aromatic heterocycles. The first kappa shape index (κ1) is 10.0. The molecule has 0 saturated heterocycles. The molecule has 1 amide bonds. The molecule has 0 bridgehead atoms. The van der Waals surface area contributed by atoms with E-state index in [4.69, 9.17) is 10.5 Å². The summed E-state index contributed by atoms with van der Waals surface area (Å²) in [5.74, 6) is -0.0429. The average Bonchev–Trinajstić information content (AvgIpc) is 2.31. The Kier molecular flexibility index (Phi) is 2.73. The fourth-order valence-corrected chi connectivity index (χ4v) is 1.09. The van der Waals surface area contributed by atoms with E-state index >= 15 is 0 Å². The summed E-state index contributed by atoms with van der Waals surface area (Å²) in [4.78, 5) is 22.5. The molecule has 80 valence electrons. The van der Waals surface area contributed by atoms with Crippen molar-refractivity contribution in [3.05, 3.63) is 42.6 Å². The van der Waals surface area contributed by atoms with E-state index in [0.717, 1.165) is 0 Å². The molecule has 0 fully saturated rings. The number of nitrogens with zero attached hydrogens (tertiary/aromatic N) is 3. The third-order valence-corrected chi connectivity index (χ3v) is 1.79. The first-order valence-corrected chi connectivity index (χ1v) is 4.45. The van der Waals surface area contributed by atoms with Gasteiger partial charge in [0, 0.05) is 12.4 Å². The van der Waals surface area contributed by atoms with Crippen LogP contribution in [-0.2, 0) is 0 Å². The smallest absolute Gasteiger partial charge is 0.255 e. The summed E-state index contributed by atoms with van der Waals surface area (Å²) in [5, 5.41) is 0. The minimum atomic E-state index is -0.639. The highest BCUT2D eigenvalue weighted by atomic mass is 16.5. The Morgan fingerprint density at radius 1 is 1.31 bits per heavy atom. The highest BCUT2D eigenvalue weighted by Gasteiger charge is 2.11. The molecule has 16 heavy (non-hydrogen) atoms. The van der Waals surface area contributed by atoms with E-state index < -0.39 is 5.91 Å².